The molecule has 156 valence electrons. The Morgan fingerprint density at radius 2 is 2.00 bits per heavy atom. The third-order valence-electron chi connectivity index (χ3n) is 4.32. The molecule has 0 saturated heterocycles. The van der Waals surface area contributed by atoms with Crippen LogP contribution in [0, 0.1) is 0 Å². The highest BCUT2D eigenvalue weighted by Crippen LogP contribution is 2.08. The molecule has 2 heterocycles. The lowest BCUT2D eigenvalue weighted by Crippen LogP contribution is -2.38. The smallest absolute Gasteiger partial charge is 0.191 e. The second-order valence-electron chi connectivity index (χ2n) is 6.44. The molecule has 2 aromatic heterocycles. The Balaban J connectivity index is 0.00000300. The average Bonchev–Trinajstić information content (AvgIpc) is 3.38. The summed E-state index contributed by atoms with van der Waals surface area (Å²) >= 11 is 0. The van der Waals surface area contributed by atoms with Crippen molar-refractivity contribution in [3.8, 4) is 0 Å². The molecule has 1 aromatic carbocycles. The Morgan fingerprint density at radius 1 is 1.14 bits per heavy atom. The van der Waals surface area contributed by atoms with Crippen molar-refractivity contribution in [1.29, 1.82) is 0 Å². The minimum atomic E-state index is 0. The summed E-state index contributed by atoms with van der Waals surface area (Å²) in [6.45, 7) is 7.92. The molecule has 0 spiro atoms. The van der Waals surface area contributed by atoms with Crippen molar-refractivity contribution in [2.24, 2.45) is 4.99 Å². The summed E-state index contributed by atoms with van der Waals surface area (Å²) in [5.41, 5.74) is 2.39. The van der Waals surface area contributed by atoms with E-state index >= 15 is 0 Å². The van der Waals surface area contributed by atoms with Crippen molar-refractivity contribution in [2.45, 2.75) is 39.9 Å². The van der Waals surface area contributed by atoms with Gasteiger partial charge in [-0.2, -0.15) is 5.10 Å². The summed E-state index contributed by atoms with van der Waals surface area (Å²) in [6.07, 6.45) is 6.42. The molecule has 8 nitrogen and oxygen atoms in total. The molecule has 3 aromatic rings. The van der Waals surface area contributed by atoms with Crippen molar-refractivity contribution in [1.82, 2.24) is 35.2 Å². The molecule has 0 aliphatic carbocycles. The van der Waals surface area contributed by atoms with Gasteiger partial charge in [0.05, 0.1) is 13.1 Å². The maximum absolute atomic E-state index is 4.71. The Labute approximate surface area is 188 Å². The Hall–Kier alpha value is -2.43. The van der Waals surface area contributed by atoms with Gasteiger partial charge in [-0.1, -0.05) is 31.2 Å². The molecule has 0 bridgehead atoms. The number of hydrogen-bond donors (Lipinski definition) is 2. The molecular weight excluding hydrogens is 479 g/mol. The largest absolute Gasteiger partial charge is 0.357 e. The number of rotatable bonds is 9. The van der Waals surface area contributed by atoms with Crippen LogP contribution in [-0.4, -0.2) is 43.6 Å². The molecule has 9 heteroatoms. The second-order valence-corrected chi connectivity index (χ2v) is 6.44. The van der Waals surface area contributed by atoms with Gasteiger partial charge in [0.15, 0.2) is 5.96 Å². The van der Waals surface area contributed by atoms with E-state index in [2.05, 4.69) is 68.6 Å². The van der Waals surface area contributed by atoms with Gasteiger partial charge in [0, 0.05) is 38.4 Å². The van der Waals surface area contributed by atoms with Crippen molar-refractivity contribution in [2.75, 3.05) is 13.1 Å². The summed E-state index contributed by atoms with van der Waals surface area (Å²) in [5, 5.41) is 19.0. The fourth-order valence-corrected chi connectivity index (χ4v) is 2.95. The first-order valence-electron chi connectivity index (χ1n) is 9.72. The van der Waals surface area contributed by atoms with Crippen LogP contribution < -0.4 is 10.6 Å². The predicted octanol–water partition coefficient (Wildman–Crippen LogP) is 2.46. The van der Waals surface area contributed by atoms with Crippen molar-refractivity contribution < 1.29 is 0 Å². The van der Waals surface area contributed by atoms with Gasteiger partial charge in [0.2, 0.25) is 0 Å². The Bertz CT molecular complexity index is 872. The summed E-state index contributed by atoms with van der Waals surface area (Å²) < 4.78 is 3.98. The van der Waals surface area contributed by atoms with E-state index in [1.54, 1.807) is 12.5 Å². The third kappa shape index (κ3) is 7.15. The summed E-state index contributed by atoms with van der Waals surface area (Å²) in [6, 6.07) is 10.4. The molecule has 0 fully saturated rings. The zero-order valence-electron chi connectivity index (χ0n) is 17.0. The van der Waals surface area contributed by atoms with Crippen LogP contribution in [0.3, 0.4) is 0 Å². The Morgan fingerprint density at radius 3 is 2.76 bits per heavy atom. The second kappa shape index (κ2) is 12.2. The topological polar surface area (TPSA) is 85.0 Å². The maximum Gasteiger partial charge on any atom is 0.191 e. The van der Waals surface area contributed by atoms with E-state index in [4.69, 9.17) is 4.99 Å². The molecule has 0 radical (unpaired) electrons. The van der Waals surface area contributed by atoms with Crippen LogP contribution >= 0.6 is 24.0 Å². The molecule has 0 aliphatic rings. The quantitative estimate of drug-likeness (QED) is 0.264. The Kier molecular flexibility index (Phi) is 9.62. The minimum absolute atomic E-state index is 0. The van der Waals surface area contributed by atoms with E-state index in [0.29, 0.717) is 6.54 Å². The SMILES string of the molecule is CCNC(=NCc1cccc(Cn2cccn2)c1)NCCn1cnnc1CC.I. The maximum atomic E-state index is 4.71. The molecule has 2 N–H and O–H groups in total. The van der Waals surface area contributed by atoms with Gasteiger partial charge < -0.3 is 15.2 Å². The number of nitrogens with zero attached hydrogens (tertiary/aromatic N) is 6. The lowest BCUT2D eigenvalue weighted by atomic mass is 10.1. The molecule has 29 heavy (non-hydrogen) atoms. The van der Waals surface area contributed by atoms with E-state index < -0.39 is 0 Å². The number of halogens is 1. The number of aromatic nitrogens is 5. The van der Waals surface area contributed by atoms with Crippen molar-refractivity contribution in [3.05, 3.63) is 66.0 Å². The number of aliphatic imine (C=N–C) groups is 1. The third-order valence-corrected chi connectivity index (χ3v) is 4.32. The lowest BCUT2D eigenvalue weighted by molar-refractivity contribution is 0.632. The molecule has 0 saturated carbocycles. The van der Waals surface area contributed by atoms with Gasteiger partial charge >= 0.3 is 0 Å². The van der Waals surface area contributed by atoms with E-state index in [1.165, 1.54) is 11.1 Å². The van der Waals surface area contributed by atoms with Gasteiger partial charge in [-0.15, -0.1) is 34.2 Å². The molecular formula is C20H29IN8. The van der Waals surface area contributed by atoms with Gasteiger partial charge in [-0.3, -0.25) is 4.68 Å². The zero-order valence-corrected chi connectivity index (χ0v) is 19.3. The first-order chi connectivity index (χ1) is 13.8. The van der Waals surface area contributed by atoms with Crippen LogP contribution in [0.15, 0.2) is 54.0 Å². The molecule has 0 aliphatic heterocycles. The summed E-state index contributed by atoms with van der Waals surface area (Å²) in [7, 11) is 0. The molecule has 0 unspecified atom stereocenters. The fraction of sp³-hybridized carbons (Fsp3) is 0.400. The van der Waals surface area contributed by atoms with Crippen LogP contribution in [0.2, 0.25) is 0 Å². The predicted molar refractivity (Wildman–Crippen MR) is 125 cm³/mol. The van der Waals surface area contributed by atoms with E-state index in [0.717, 1.165) is 44.4 Å². The molecule has 0 amide bonds. The molecule has 3 rings (SSSR count). The monoisotopic (exact) mass is 508 g/mol. The van der Waals surface area contributed by atoms with Crippen LogP contribution in [0.4, 0.5) is 0 Å². The summed E-state index contributed by atoms with van der Waals surface area (Å²) in [5.74, 6) is 1.81. The average molecular weight is 508 g/mol. The van der Waals surface area contributed by atoms with Crippen LogP contribution in [0.25, 0.3) is 0 Å². The van der Waals surface area contributed by atoms with Crippen LogP contribution in [-0.2, 0) is 26.1 Å². The number of guanidine groups is 1. The van der Waals surface area contributed by atoms with Gasteiger partial charge in [0.1, 0.15) is 12.2 Å². The van der Waals surface area contributed by atoms with Gasteiger partial charge in [-0.05, 0) is 24.1 Å². The highest BCUT2D eigenvalue weighted by atomic mass is 127. The first-order valence-corrected chi connectivity index (χ1v) is 9.72. The summed E-state index contributed by atoms with van der Waals surface area (Å²) in [4.78, 5) is 4.71. The number of nitrogens with one attached hydrogen (secondary N) is 2. The fourth-order valence-electron chi connectivity index (χ4n) is 2.95. The van der Waals surface area contributed by atoms with E-state index in [9.17, 15) is 0 Å². The van der Waals surface area contributed by atoms with Gasteiger partial charge in [0.25, 0.3) is 0 Å². The van der Waals surface area contributed by atoms with Crippen molar-refractivity contribution >= 4 is 29.9 Å². The van der Waals surface area contributed by atoms with Crippen LogP contribution in [0.1, 0.15) is 30.8 Å². The van der Waals surface area contributed by atoms with Crippen LogP contribution in [0.5, 0.6) is 0 Å². The highest BCUT2D eigenvalue weighted by Gasteiger charge is 2.03. The first kappa shape index (κ1) is 22.9. The van der Waals surface area contributed by atoms with Crippen molar-refractivity contribution in [3.63, 3.8) is 0 Å². The lowest BCUT2D eigenvalue weighted by Gasteiger charge is -2.12. The normalized spacial score (nSPS) is 11.2. The number of aryl methyl sites for hydroxylation is 1. The van der Waals surface area contributed by atoms with E-state index in [1.807, 2.05) is 16.9 Å². The zero-order chi connectivity index (χ0) is 19.6. The molecule has 0 atom stereocenters. The van der Waals surface area contributed by atoms with Gasteiger partial charge in [-0.25, -0.2) is 4.99 Å². The minimum Gasteiger partial charge on any atom is -0.357 e. The number of benzene rings is 1. The number of hydrogen-bond acceptors (Lipinski definition) is 4. The highest BCUT2D eigenvalue weighted by molar-refractivity contribution is 14.0. The van der Waals surface area contributed by atoms with E-state index in [-0.39, 0.29) is 24.0 Å². The standard InChI is InChI=1S/C20H28N8.HI/c1-3-19-26-24-16-27(19)12-10-22-20(21-4-2)23-14-17-7-5-8-18(13-17)15-28-11-6-9-25-28;/h5-9,11,13,16H,3-4,10,12,14-15H2,1-2H3,(H2,21,22,23);1H.